The number of hydrogen-bond donors (Lipinski definition) is 0. The molecular formula is C25H17NO4. The van der Waals surface area contributed by atoms with Gasteiger partial charge < -0.3 is 4.74 Å². The Kier molecular flexibility index (Phi) is 4.29. The first-order chi connectivity index (χ1) is 14.6. The number of amides is 2. The van der Waals surface area contributed by atoms with Gasteiger partial charge in [0.2, 0.25) is 0 Å². The van der Waals surface area contributed by atoms with Crippen LogP contribution in [0.5, 0.6) is 0 Å². The Hall–Kier alpha value is -3.99. The van der Waals surface area contributed by atoms with Crippen LogP contribution in [0.3, 0.4) is 0 Å². The summed E-state index contributed by atoms with van der Waals surface area (Å²) in [5.74, 6) is -1.19. The minimum Gasteiger partial charge on any atom is -0.458 e. The van der Waals surface area contributed by atoms with Crippen LogP contribution in [0, 0.1) is 0 Å². The van der Waals surface area contributed by atoms with Crippen LogP contribution in [-0.4, -0.2) is 24.4 Å². The highest BCUT2D eigenvalue weighted by Crippen LogP contribution is 2.32. The normalized spacial score (nSPS) is 14.9. The average molecular weight is 395 g/mol. The lowest BCUT2D eigenvalue weighted by Gasteiger charge is -2.27. The van der Waals surface area contributed by atoms with Gasteiger partial charge >= 0.3 is 5.97 Å². The molecule has 2 aliphatic rings. The van der Waals surface area contributed by atoms with Gasteiger partial charge in [-0.15, -0.1) is 0 Å². The summed E-state index contributed by atoms with van der Waals surface area (Å²) in [5.41, 5.74) is 2.80. The molecule has 30 heavy (non-hydrogen) atoms. The molecule has 146 valence electrons. The third-order valence-corrected chi connectivity index (χ3v) is 5.37. The summed E-state index contributed by atoms with van der Waals surface area (Å²) in [7, 11) is 0. The number of anilines is 1. The van der Waals surface area contributed by atoms with Crippen LogP contribution in [0.25, 0.3) is 10.8 Å². The maximum Gasteiger partial charge on any atom is 0.338 e. The number of nitrogens with zero attached hydrogens (tertiary/aromatic N) is 1. The standard InChI is InChI=1S/C25H17NO4/c27-23-20-9-3-7-17-8-4-10-21(22(17)20)24(28)26(23)19-13-11-18(12-14-19)25(29)30-15-16-5-1-2-6-16/h1-5,7-14H,6,15H2. The van der Waals surface area contributed by atoms with Crippen molar-refractivity contribution in [1.29, 1.82) is 0 Å². The molecule has 0 saturated heterocycles. The maximum atomic E-state index is 13.1. The molecule has 5 nitrogen and oxygen atoms in total. The molecule has 0 fully saturated rings. The van der Waals surface area contributed by atoms with E-state index in [2.05, 4.69) is 0 Å². The predicted octanol–water partition coefficient (Wildman–Crippen LogP) is 4.68. The lowest BCUT2D eigenvalue weighted by atomic mass is 9.94. The largest absolute Gasteiger partial charge is 0.458 e. The van der Waals surface area contributed by atoms with Crippen molar-refractivity contribution in [3.63, 3.8) is 0 Å². The van der Waals surface area contributed by atoms with Crippen LogP contribution in [0.4, 0.5) is 5.69 Å². The van der Waals surface area contributed by atoms with Crippen LogP contribution >= 0.6 is 0 Å². The van der Waals surface area contributed by atoms with Crippen molar-refractivity contribution in [1.82, 2.24) is 0 Å². The molecule has 0 radical (unpaired) electrons. The van der Waals surface area contributed by atoms with Crippen molar-refractivity contribution in [2.24, 2.45) is 0 Å². The molecule has 0 N–H and O–H groups in total. The second-order valence-corrected chi connectivity index (χ2v) is 7.24. The lowest BCUT2D eigenvalue weighted by molar-refractivity contribution is 0.0538. The third-order valence-electron chi connectivity index (χ3n) is 5.37. The highest BCUT2D eigenvalue weighted by molar-refractivity contribution is 6.35. The molecule has 5 heteroatoms. The summed E-state index contributed by atoms with van der Waals surface area (Å²) in [6, 6.07) is 17.2. The van der Waals surface area contributed by atoms with Gasteiger partial charge in [-0.1, -0.05) is 42.5 Å². The highest BCUT2D eigenvalue weighted by atomic mass is 16.5. The summed E-state index contributed by atoms with van der Waals surface area (Å²) in [4.78, 5) is 39.6. The van der Waals surface area contributed by atoms with Crippen molar-refractivity contribution in [3.05, 3.63) is 101 Å². The molecule has 3 aromatic rings. The fourth-order valence-corrected chi connectivity index (χ4v) is 3.85. The van der Waals surface area contributed by atoms with E-state index in [4.69, 9.17) is 4.74 Å². The van der Waals surface area contributed by atoms with Crippen molar-refractivity contribution >= 4 is 34.2 Å². The van der Waals surface area contributed by atoms with Crippen LogP contribution in [0.1, 0.15) is 37.5 Å². The van der Waals surface area contributed by atoms with E-state index in [1.165, 1.54) is 0 Å². The molecule has 3 aromatic carbocycles. The highest BCUT2D eigenvalue weighted by Gasteiger charge is 2.33. The summed E-state index contributed by atoms with van der Waals surface area (Å²) in [5, 5.41) is 1.54. The smallest absolute Gasteiger partial charge is 0.338 e. The number of carbonyl (C=O) groups excluding carboxylic acids is 3. The molecule has 0 saturated carbocycles. The van der Waals surface area contributed by atoms with Gasteiger partial charge in [0.25, 0.3) is 11.8 Å². The van der Waals surface area contributed by atoms with Gasteiger partial charge in [-0.25, -0.2) is 9.69 Å². The SMILES string of the molecule is O=C(OCC1=CC=CC1)c1ccc(N2C(=O)c3cccc4cccc(c34)C2=O)cc1. The number of benzene rings is 3. The number of allylic oxidation sites excluding steroid dienone is 3. The zero-order valence-electron chi connectivity index (χ0n) is 16.0. The molecule has 1 aliphatic carbocycles. The van der Waals surface area contributed by atoms with Crippen LogP contribution < -0.4 is 4.90 Å². The number of rotatable bonds is 4. The average Bonchev–Trinajstić information content (AvgIpc) is 3.30. The number of hydrogen-bond acceptors (Lipinski definition) is 4. The van der Waals surface area contributed by atoms with E-state index in [1.54, 1.807) is 36.4 Å². The van der Waals surface area contributed by atoms with Gasteiger partial charge in [-0.3, -0.25) is 9.59 Å². The molecule has 1 heterocycles. The Morgan fingerprint density at radius 1 is 0.900 bits per heavy atom. The molecule has 5 rings (SSSR count). The summed E-state index contributed by atoms with van der Waals surface area (Å²) < 4.78 is 5.33. The quantitative estimate of drug-likeness (QED) is 0.475. The molecule has 0 aromatic heterocycles. The number of carbonyl (C=O) groups is 3. The fourth-order valence-electron chi connectivity index (χ4n) is 3.85. The van der Waals surface area contributed by atoms with Gasteiger partial charge in [0.05, 0.1) is 11.3 Å². The van der Waals surface area contributed by atoms with E-state index >= 15 is 0 Å². The summed E-state index contributed by atoms with van der Waals surface area (Å²) >= 11 is 0. The van der Waals surface area contributed by atoms with Crippen LogP contribution in [-0.2, 0) is 4.74 Å². The van der Waals surface area contributed by atoms with Crippen LogP contribution in [0.2, 0.25) is 0 Å². The topological polar surface area (TPSA) is 63.7 Å². The first-order valence-corrected chi connectivity index (χ1v) is 9.66. The molecule has 0 spiro atoms. The second kappa shape index (κ2) is 7.12. The first-order valence-electron chi connectivity index (χ1n) is 9.66. The second-order valence-electron chi connectivity index (χ2n) is 7.24. The minimum atomic E-state index is -0.444. The number of esters is 1. The maximum absolute atomic E-state index is 13.1. The van der Waals surface area contributed by atoms with E-state index in [0.717, 1.165) is 22.3 Å². The zero-order chi connectivity index (χ0) is 20.7. The third kappa shape index (κ3) is 2.92. The number of imide groups is 1. The van der Waals surface area contributed by atoms with E-state index < -0.39 is 5.97 Å². The van der Waals surface area contributed by atoms with E-state index in [9.17, 15) is 14.4 Å². The molecule has 1 aliphatic heterocycles. The Balaban J connectivity index is 1.41. The summed E-state index contributed by atoms with van der Waals surface area (Å²) in [6.45, 7) is 0.247. The molecule has 0 unspecified atom stereocenters. The molecule has 2 amide bonds. The van der Waals surface area contributed by atoms with Gasteiger partial charge in [0, 0.05) is 16.5 Å². The van der Waals surface area contributed by atoms with Gasteiger partial charge in [0.1, 0.15) is 6.61 Å². The Bertz CT molecular complexity index is 1220. The van der Waals surface area contributed by atoms with E-state index in [1.807, 2.05) is 42.5 Å². The Morgan fingerprint density at radius 2 is 1.57 bits per heavy atom. The van der Waals surface area contributed by atoms with Gasteiger partial charge in [-0.05, 0) is 53.8 Å². The lowest BCUT2D eigenvalue weighted by Crippen LogP contribution is -2.40. The monoisotopic (exact) mass is 395 g/mol. The Labute approximate surface area is 172 Å². The van der Waals surface area contributed by atoms with Crippen molar-refractivity contribution in [3.8, 4) is 0 Å². The zero-order valence-corrected chi connectivity index (χ0v) is 16.0. The van der Waals surface area contributed by atoms with Crippen molar-refractivity contribution in [2.75, 3.05) is 11.5 Å². The number of ether oxygens (including phenoxy) is 1. The van der Waals surface area contributed by atoms with Crippen molar-refractivity contribution in [2.45, 2.75) is 6.42 Å². The first kappa shape index (κ1) is 18.1. The molecule has 0 bridgehead atoms. The summed E-state index contributed by atoms with van der Waals surface area (Å²) in [6.07, 6.45) is 6.66. The van der Waals surface area contributed by atoms with Crippen LogP contribution in [0.15, 0.2) is 84.5 Å². The van der Waals surface area contributed by atoms with E-state index in [-0.39, 0.29) is 18.4 Å². The predicted molar refractivity (Wildman–Crippen MR) is 114 cm³/mol. The Morgan fingerprint density at radius 3 is 2.17 bits per heavy atom. The van der Waals surface area contributed by atoms with Crippen molar-refractivity contribution < 1.29 is 19.1 Å². The minimum absolute atomic E-state index is 0.247. The molecular weight excluding hydrogens is 378 g/mol. The molecule has 0 atom stereocenters. The van der Waals surface area contributed by atoms with Gasteiger partial charge in [0.15, 0.2) is 0 Å². The van der Waals surface area contributed by atoms with Gasteiger partial charge in [-0.2, -0.15) is 0 Å². The fraction of sp³-hybridized carbons (Fsp3) is 0.0800. The van der Waals surface area contributed by atoms with E-state index in [0.29, 0.717) is 27.8 Å².